The van der Waals surface area contributed by atoms with E-state index < -0.39 is 0 Å². The quantitative estimate of drug-likeness (QED) is 0.808. The Balaban J connectivity index is 1.76. The van der Waals surface area contributed by atoms with Crippen LogP contribution in [0.4, 0.5) is 11.4 Å². The van der Waals surface area contributed by atoms with Crippen LogP contribution in [0.5, 0.6) is 5.75 Å². The fraction of sp³-hybridized carbons (Fsp3) is 0.222. The van der Waals surface area contributed by atoms with Gasteiger partial charge in [0.15, 0.2) is 0 Å². The Morgan fingerprint density at radius 1 is 1.00 bits per heavy atom. The number of carbonyl (C=O) groups excluding carboxylic acids is 2. The Kier molecular flexibility index (Phi) is 6.69. The zero-order valence-electron chi connectivity index (χ0n) is 13.6. The van der Waals surface area contributed by atoms with Gasteiger partial charge in [-0.2, -0.15) is 0 Å². The van der Waals surface area contributed by atoms with Crippen molar-refractivity contribution in [2.45, 2.75) is 12.2 Å². The van der Waals surface area contributed by atoms with E-state index in [1.807, 2.05) is 30.3 Å². The highest BCUT2D eigenvalue weighted by molar-refractivity contribution is 8.01. The van der Waals surface area contributed by atoms with Gasteiger partial charge in [0.25, 0.3) is 0 Å². The number of ether oxygens (including phenoxy) is 1. The molecule has 24 heavy (non-hydrogen) atoms. The Morgan fingerprint density at radius 3 is 2.25 bits per heavy atom. The van der Waals surface area contributed by atoms with Crippen LogP contribution in [-0.4, -0.2) is 29.9 Å². The predicted octanol–water partition coefficient (Wildman–Crippen LogP) is 3.39. The van der Waals surface area contributed by atoms with Gasteiger partial charge in [0.2, 0.25) is 11.8 Å². The minimum absolute atomic E-state index is 0.122. The molecule has 0 spiro atoms. The van der Waals surface area contributed by atoms with Crippen LogP contribution in [0.15, 0.2) is 54.6 Å². The van der Waals surface area contributed by atoms with E-state index in [1.54, 1.807) is 38.3 Å². The fourth-order valence-corrected chi connectivity index (χ4v) is 2.60. The summed E-state index contributed by atoms with van der Waals surface area (Å²) < 4.78 is 5.07. The van der Waals surface area contributed by atoms with E-state index in [-0.39, 0.29) is 22.8 Å². The topological polar surface area (TPSA) is 67.4 Å². The molecule has 5 nitrogen and oxygen atoms in total. The lowest BCUT2D eigenvalue weighted by Crippen LogP contribution is -2.25. The summed E-state index contributed by atoms with van der Waals surface area (Å²) in [7, 11) is 1.59. The van der Waals surface area contributed by atoms with Gasteiger partial charge < -0.3 is 15.4 Å². The number of amides is 2. The van der Waals surface area contributed by atoms with E-state index in [2.05, 4.69) is 10.6 Å². The van der Waals surface area contributed by atoms with Crippen molar-refractivity contribution in [3.63, 3.8) is 0 Å². The average molecular weight is 344 g/mol. The number of rotatable bonds is 7. The van der Waals surface area contributed by atoms with Crippen molar-refractivity contribution in [1.82, 2.24) is 0 Å². The third-order valence-electron chi connectivity index (χ3n) is 3.25. The van der Waals surface area contributed by atoms with Crippen molar-refractivity contribution < 1.29 is 14.3 Å². The number of thioether (sulfide) groups is 1. The van der Waals surface area contributed by atoms with E-state index in [1.165, 1.54) is 11.8 Å². The first-order valence-corrected chi connectivity index (χ1v) is 8.55. The average Bonchev–Trinajstić information content (AvgIpc) is 2.61. The van der Waals surface area contributed by atoms with Crippen LogP contribution in [0.1, 0.15) is 6.92 Å². The molecule has 2 rings (SSSR count). The summed E-state index contributed by atoms with van der Waals surface area (Å²) in [5, 5.41) is 5.29. The molecular weight excluding hydrogens is 324 g/mol. The highest BCUT2D eigenvalue weighted by Crippen LogP contribution is 2.17. The van der Waals surface area contributed by atoms with Gasteiger partial charge in [-0.15, -0.1) is 11.8 Å². The van der Waals surface area contributed by atoms with Crippen LogP contribution >= 0.6 is 11.8 Å². The molecule has 1 atom stereocenters. The lowest BCUT2D eigenvalue weighted by molar-refractivity contribution is -0.115. The van der Waals surface area contributed by atoms with Crippen molar-refractivity contribution in [2.75, 3.05) is 23.5 Å². The summed E-state index contributed by atoms with van der Waals surface area (Å²) in [4.78, 5) is 24.0. The first-order valence-electron chi connectivity index (χ1n) is 7.50. The molecule has 0 aliphatic carbocycles. The minimum atomic E-state index is -0.327. The molecule has 2 amide bonds. The lowest BCUT2D eigenvalue weighted by Gasteiger charge is -2.12. The minimum Gasteiger partial charge on any atom is -0.497 e. The Hall–Kier alpha value is -2.47. The molecule has 0 aromatic heterocycles. The van der Waals surface area contributed by atoms with Gasteiger partial charge in [0.1, 0.15) is 5.75 Å². The molecule has 6 heteroatoms. The van der Waals surface area contributed by atoms with Crippen LogP contribution in [0.25, 0.3) is 0 Å². The smallest absolute Gasteiger partial charge is 0.237 e. The van der Waals surface area contributed by atoms with Gasteiger partial charge in [-0.3, -0.25) is 9.59 Å². The third-order valence-corrected chi connectivity index (χ3v) is 4.39. The number of benzene rings is 2. The molecule has 0 saturated carbocycles. The van der Waals surface area contributed by atoms with Gasteiger partial charge >= 0.3 is 0 Å². The van der Waals surface area contributed by atoms with Gasteiger partial charge in [0.05, 0.1) is 18.1 Å². The zero-order chi connectivity index (χ0) is 17.4. The monoisotopic (exact) mass is 344 g/mol. The predicted molar refractivity (Wildman–Crippen MR) is 98.6 cm³/mol. The molecule has 0 aliphatic heterocycles. The zero-order valence-corrected chi connectivity index (χ0v) is 14.4. The van der Waals surface area contributed by atoms with Crippen molar-refractivity contribution in [3.05, 3.63) is 54.6 Å². The standard InChI is InChI=1S/C18H20N2O3S/c1-13(18(22)20-14-6-4-3-5-7-14)24-12-17(21)19-15-8-10-16(23-2)11-9-15/h3-11,13H,12H2,1-2H3,(H,19,21)(H,20,22)/t13-/m1/s1. The van der Waals surface area contributed by atoms with E-state index in [9.17, 15) is 9.59 Å². The highest BCUT2D eigenvalue weighted by Gasteiger charge is 2.15. The van der Waals surface area contributed by atoms with E-state index in [0.717, 1.165) is 11.4 Å². The normalized spacial score (nSPS) is 11.4. The maximum atomic E-state index is 12.1. The largest absolute Gasteiger partial charge is 0.497 e. The van der Waals surface area contributed by atoms with Crippen LogP contribution in [0, 0.1) is 0 Å². The molecule has 0 saturated heterocycles. The van der Waals surface area contributed by atoms with Gasteiger partial charge in [-0.25, -0.2) is 0 Å². The summed E-state index contributed by atoms with van der Waals surface area (Å²) in [5.74, 6) is 0.664. The molecule has 0 fully saturated rings. The molecule has 0 bridgehead atoms. The molecule has 0 radical (unpaired) electrons. The Morgan fingerprint density at radius 2 is 1.62 bits per heavy atom. The number of hydrogen-bond donors (Lipinski definition) is 2. The molecule has 2 aromatic rings. The van der Waals surface area contributed by atoms with Crippen LogP contribution in [-0.2, 0) is 9.59 Å². The van der Waals surface area contributed by atoms with E-state index >= 15 is 0 Å². The first kappa shape index (κ1) is 17.9. The first-order chi connectivity index (χ1) is 11.6. The van der Waals surface area contributed by atoms with Crippen molar-refractivity contribution in [1.29, 1.82) is 0 Å². The summed E-state index contributed by atoms with van der Waals surface area (Å²) in [6.45, 7) is 1.78. The molecule has 2 aromatic carbocycles. The van der Waals surface area contributed by atoms with E-state index in [0.29, 0.717) is 5.69 Å². The lowest BCUT2D eigenvalue weighted by atomic mass is 10.3. The number of hydrogen-bond acceptors (Lipinski definition) is 4. The molecular formula is C18H20N2O3S. The highest BCUT2D eigenvalue weighted by atomic mass is 32.2. The molecule has 0 unspecified atom stereocenters. The van der Waals surface area contributed by atoms with Crippen molar-refractivity contribution in [3.8, 4) is 5.75 Å². The second-order valence-corrected chi connectivity index (χ2v) is 6.41. The maximum absolute atomic E-state index is 12.1. The van der Waals surface area contributed by atoms with E-state index in [4.69, 9.17) is 4.74 Å². The van der Waals surface area contributed by atoms with Crippen LogP contribution in [0.2, 0.25) is 0 Å². The summed E-state index contributed by atoms with van der Waals surface area (Å²) in [6.07, 6.45) is 0. The van der Waals surface area contributed by atoms with Crippen molar-refractivity contribution in [2.24, 2.45) is 0 Å². The van der Waals surface area contributed by atoms with Gasteiger partial charge in [-0.1, -0.05) is 18.2 Å². The second kappa shape index (κ2) is 8.98. The Labute approximate surface area is 145 Å². The van der Waals surface area contributed by atoms with Gasteiger partial charge in [0, 0.05) is 11.4 Å². The van der Waals surface area contributed by atoms with Gasteiger partial charge in [-0.05, 0) is 43.3 Å². The van der Waals surface area contributed by atoms with Crippen LogP contribution < -0.4 is 15.4 Å². The molecule has 126 valence electrons. The van der Waals surface area contributed by atoms with Crippen LogP contribution in [0.3, 0.4) is 0 Å². The summed E-state index contributed by atoms with van der Waals surface area (Å²) >= 11 is 1.29. The SMILES string of the molecule is COc1ccc(NC(=O)CS[C@H](C)C(=O)Nc2ccccc2)cc1. The number of carbonyl (C=O) groups is 2. The van der Waals surface area contributed by atoms with Crippen molar-refractivity contribution >= 4 is 35.0 Å². The molecule has 2 N–H and O–H groups in total. The maximum Gasteiger partial charge on any atom is 0.237 e. The summed E-state index contributed by atoms with van der Waals surface area (Å²) in [6, 6.07) is 16.3. The Bertz CT molecular complexity index is 674. The molecule has 0 aliphatic rings. The second-order valence-electron chi connectivity index (χ2n) is 5.09. The number of methoxy groups -OCH3 is 1. The number of para-hydroxylation sites is 1. The third kappa shape index (κ3) is 5.62. The number of nitrogens with one attached hydrogen (secondary N) is 2. The number of anilines is 2. The fourth-order valence-electron chi connectivity index (χ4n) is 1.91. The summed E-state index contributed by atoms with van der Waals surface area (Å²) in [5.41, 5.74) is 1.44. The molecule has 0 heterocycles.